The van der Waals surface area contributed by atoms with Gasteiger partial charge < -0.3 is 11.1 Å². The third kappa shape index (κ3) is 3.87. The van der Waals surface area contributed by atoms with Gasteiger partial charge in [-0.3, -0.25) is 4.79 Å². The molecule has 1 atom stereocenters. The lowest BCUT2D eigenvalue weighted by molar-refractivity contribution is -0.122. The molecular weight excluding hydrogens is 258 g/mol. The van der Waals surface area contributed by atoms with Crippen LogP contribution in [0.4, 0.5) is 0 Å². The van der Waals surface area contributed by atoms with Crippen molar-refractivity contribution in [1.29, 1.82) is 0 Å². The first-order chi connectivity index (χ1) is 9.31. The molecule has 2 aromatic rings. The summed E-state index contributed by atoms with van der Waals surface area (Å²) in [6, 6.07) is 9.62. The lowest BCUT2D eigenvalue weighted by Crippen LogP contribution is -2.34. The van der Waals surface area contributed by atoms with E-state index in [-0.39, 0.29) is 11.8 Å². The Labute approximate surface area is 116 Å². The first-order valence-electron chi connectivity index (χ1n) is 6.22. The number of nitrogens with one attached hydrogen (secondary N) is 1. The van der Waals surface area contributed by atoms with Crippen molar-refractivity contribution in [3.63, 3.8) is 0 Å². The van der Waals surface area contributed by atoms with Gasteiger partial charge in [-0.2, -0.15) is 0 Å². The SMILES string of the molecule is NCC(C(=O)NCCc1nccs1)c1ccccc1. The van der Waals surface area contributed by atoms with E-state index in [0.717, 1.165) is 17.0 Å². The van der Waals surface area contributed by atoms with Crippen LogP contribution < -0.4 is 11.1 Å². The fourth-order valence-electron chi connectivity index (χ4n) is 1.87. The first-order valence-corrected chi connectivity index (χ1v) is 7.10. The molecule has 0 fully saturated rings. The van der Waals surface area contributed by atoms with Crippen LogP contribution in [-0.4, -0.2) is 24.0 Å². The van der Waals surface area contributed by atoms with Crippen LogP contribution in [0.25, 0.3) is 0 Å². The number of benzene rings is 1. The van der Waals surface area contributed by atoms with Crippen LogP contribution in [0.3, 0.4) is 0 Å². The highest BCUT2D eigenvalue weighted by molar-refractivity contribution is 7.09. The second-order valence-electron chi connectivity index (χ2n) is 4.17. The average molecular weight is 275 g/mol. The van der Waals surface area contributed by atoms with Crippen LogP contribution in [0.2, 0.25) is 0 Å². The van der Waals surface area contributed by atoms with Crippen LogP contribution >= 0.6 is 11.3 Å². The predicted molar refractivity (Wildman–Crippen MR) is 77.1 cm³/mol. The summed E-state index contributed by atoms with van der Waals surface area (Å²) in [6.45, 7) is 0.906. The number of nitrogens with zero attached hydrogens (tertiary/aromatic N) is 1. The highest BCUT2D eigenvalue weighted by Crippen LogP contribution is 2.14. The molecule has 0 saturated carbocycles. The summed E-state index contributed by atoms with van der Waals surface area (Å²) in [7, 11) is 0. The molecule has 2 rings (SSSR count). The van der Waals surface area contributed by atoms with E-state index in [0.29, 0.717) is 13.1 Å². The number of hydrogen-bond acceptors (Lipinski definition) is 4. The maximum Gasteiger partial charge on any atom is 0.228 e. The molecule has 1 aromatic heterocycles. The van der Waals surface area contributed by atoms with E-state index in [9.17, 15) is 4.79 Å². The summed E-state index contributed by atoms with van der Waals surface area (Å²) in [4.78, 5) is 16.3. The van der Waals surface area contributed by atoms with Crippen LogP contribution in [0.5, 0.6) is 0 Å². The molecule has 3 N–H and O–H groups in total. The van der Waals surface area contributed by atoms with Crippen molar-refractivity contribution in [2.45, 2.75) is 12.3 Å². The number of amides is 1. The highest BCUT2D eigenvalue weighted by atomic mass is 32.1. The maximum atomic E-state index is 12.1. The average Bonchev–Trinajstić information content (AvgIpc) is 2.94. The summed E-state index contributed by atoms with van der Waals surface area (Å²) in [5.74, 6) is -0.303. The van der Waals surface area contributed by atoms with Gasteiger partial charge in [-0.15, -0.1) is 11.3 Å². The second kappa shape index (κ2) is 7.01. The third-order valence-electron chi connectivity index (χ3n) is 2.88. The molecule has 1 heterocycles. The smallest absolute Gasteiger partial charge is 0.228 e. The fourth-order valence-corrected chi connectivity index (χ4v) is 2.49. The summed E-state index contributed by atoms with van der Waals surface area (Å²) in [5, 5.41) is 5.88. The molecule has 0 saturated heterocycles. The molecule has 0 aliphatic rings. The van der Waals surface area contributed by atoms with Crippen LogP contribution in [0.15, 0.2) is 41.9 Å². The van der Waals surface area contributed by atoms with E-state index < -0.39 is 0 Å². The zero-order valence-corrected chi connectivity index (χ0v) is 11.4. The number of nitrogens with two attached hydrogens (primary N) is 1. The third-order valence-corrected chi connectivity index (χ3v) is 3.72. The summed E-state index contributed by atoms with van der Waals surface area (Å²) >= 11 is 1.60. The lowest BCUT2D eigenvalue weighted by atomic mass is 9.98. The Morgan fingerprint density at radius 1 is 1.37 bits per heavy atom. The molecular formula is C14H17N3OS. The number of aromatic nitrogens is 1. The molecule has 0 aliphatic carbocycles. The Morgan fingerprint density at radius 3 is 2.79 bits per heavy atom. The van der Waals surface area contributed by atoms with Crippen molar-refractivity contribution in [3.05, 3.63) is 52.5 Å². The van der Waals surface area contributed by atoms with E-state index in [1.54, 1.807) is 17.5 Å². The van der Waals surface area contributed by atoms with Gasteiger partial charge in [0.15, 0.2) is 0 Å². The Hall–Kier alpha value is -1.72. The Morgan fingerprint density at radius 2 is 2.16 bits per heavy atom. The largest absolute Gasteiger partial charge is 0.355 e. The molecule has 1 unspecified atom stereocenters. The van der Waals surface area contributed by atoms with Crippen LogP contribution in [-0.2, 0) is 11.2 Å². The normalized spacial score (nSPS) is 12.1. The maximum absolute atomic E-state index is 12.1. The van der Waals surface area contributed by atoms with Crippen molar-refractivity contribution < 1.29 is 4.79 Å². The molecule has 5 heteroatoms. The number of carbonyl (C=O) groups excluding carboxylic acids is 1. The lowest BCUT2D eigenvalue weighted by Gasteiger charge is -2.14. The number of carbonyl (C=O) groups is 1. The number of rotatable bonds is 6. The van der Waals surface area contributed by atoms with Gasteiger partial charge in [0.05, 0.1) is 10.9 Å². The standard InChI is InChI=1S/C14H17N3OS/c15-10-12(11-4-2-1-3-5-11)14(18)17-7-6-13-16-8-9-19-13/h1-5,8-9,12H,6-7,10,15H2,(H,17,18). The zero-order valence-electron chi connectivity index (χ0n) is 10.6. The Kier molecular flexibility index (Phi) is 5.06. The summed E-state index contributed by atoms with van der Waals surface area (Å²) in [5.41, 5.74) is 6.66. The van der Waals surface area contributed by atoms with Gasteiger partial charge >= 0.3 is 0 Å². The molecule has 1 amide bonds. The van der Waals surface area contributed by atoms with Crippen molar-refractivity contribution in [2.24, 2.45) is 5.73 Å². The predicted octanol–water partition coefficient (Wildman–Crippen LogP) is 1.54. The molecule has 0 radical (unpaired) electrons. The van der Waals surface area contributed by atoms with Crippen molar-refractivity contribution in [2.75, 3.05) is 13.1 Å². The minimum absolute atomic E-state index is 0.0229. The Balaban J connectivity index is 1.87. The molecule has 0 spiro atoms. The number of thiazole rings is 1. The van der Waals surface area contributed by atoms with E-state index in [2.05, 4.69) is 10.3 Å². The quantitative estimate of drug-likeness (QED) is 0.840. The van der Waals surface area contributed by atoms with E-state index in [1.807, 2.05) is 35.7 Å². The Bertz CT molecular complexity index is 499. The van der Waals surface area contributed by atoms with Crippen molar-refractivity contribution in [3.8, 4) is 0 Å². The van der Waals surface area contributed by atoms with E-state index in [1.165, 1.54) is 0 Å². The van der Waals surface area contributed by atoms with Crippen LogP contribution in [0, 0.1) is 0 Å². The number of hydrogen-bond donors (Lipinski definition) is 2. The van der Waals surface area contributed by atoms with Gasteiger partial charge in [0.1, 0.15) is 0 Å². The minimum Gasteiger partial charge on any atom is -0.355 e. The van der Waals surface area contributed by atoms with E-state index in [4.69, 9.17) is 5.73 Å². The van der Waals surface area contributed by atoms with E-state index >= 15 is 0 Å². The summed E-state index contributed by atoms with van der Waals surface area (Å²) < 4.78 is 0. The van der Waals surface area contributed by atoms with Gasteiger partial charge in [-0.1, -0.05) is 30.3 Å². The van der Waals surface area contributed by atoms with Gasteiger partial charge in [-0.05, 0) is 5.56 Å². The van der Waals surface area contributed by atoms with Crippen LogP contribution in [0.1, 0.15) is 16.5 Å². The molecule has 0 aliphatic heterocycles. The molecule has 19 heavy (non-hydrogen) atoms. The summed E-state index contributed by atoms with van der Waals surface area (Å²) in [6.07, 6.45) is 2.53. The van der Waals surface area contributed by atoms with Crippen molar-refractivity contribution >= 4 is 17.2 Å². The highest BCUT2D eigenvalue weighted by Gasteiger charge is 2.18. The molecule has 4 nitrogen and oxygen atoms in total. The second-order valence-corrected chi connectivity index (χ2v) is 5.14. The fraction of sp³-hybridized carbons (Fsp3) is 0.286. The molecule has 100 valence electrons. The van der Waals surface area contributed by atoms with Gasteiger partial charge in [0.2, 0.25) is 5.91 Å². The molecule has 0 bridgehead atoms. The van der Waals surface area contributed by atoms with Crippen molar-refractivity contribution in [1.82, 2.24) is 10.3 Å². The monoisotopic (exact) mass is 275 g/mol. The topological polar surface area (TPSA) is 68.0 Å². The van der Waals surface area contributed by atoms with Gasteiger partial charge in [-0.25, -0.2) is 4.98 Å². The minimum atomic E-state index is -0.280. The molecule has 1 aromatic carbocycles. The van der Waals surface area contributed by atoms with Gasteiger partial charge in [0, 0.05) is 31.1 Å². The first kappa shape index (κ1) is 13.7. The zero-order chi connectivity index (χ0) is 13.5. The van der Waals surface area contributed by atoms with Gasteiger partial charge in [0.25, 0.3) is 0 Å².